The number of hydrogen-bond acceptors (Lipinski definition) is 4. The van der Waals surface area contributed by atoms with E-state index in [0.29, 0.717) is 12.6 Å². The number of aliphatic hydroxyl groups excluding tert-OH is 1. The van der Waals surface area contributed by atoms with Crippen LogP contribution < -0.4 is 5.32 Å². The maximum Gasteiger partial charge on any atom is 0.0791 e. The minimum atomic E-state index is -0.265. The van der Waals surface area contributed by atoms with Crippen molar-refractivity contribution >= 4 is 0 Å². The zero-order chi connectivity index (χ0) is 11.8. The molecule has 1 heterocycles. The van der Waals surface area contributed by atoms with Crippen LogP contribution in [0.25, 0.3) is 0 Å². The molecule has 16 heavy (non-hydrogen) atoms. The van der Waals surface area contributed by atoms with Crippen LogP contribution in [0.1, 0.15) is 26.7 Å². The summed E-state index contributed by atoms with van der Waals surface area (Å²) in [4.78, 5) is 2.35. The predicted octanol–water partition coefficient (Wildman–Crippen LogP) is 0.458. The van der Waals surface area contributed by atoms with Crippen molar-refractivity contribution in [2.45, 2.75) is 38.8 Å². The Hall–Kier alpha value is -0.160. The maximum atomic E-state index is 9.90. The first kappa shape index (κ1) is 13.9. The molecule has 96 valence electrons. The Morgan fingerprint density at radius 1 is 1.50 bits per heavy atom. The fraction of sp³-hybridized carbons (Fsp3) is 1.00. The lowest BCUT2D eigenvalue weighted by molar-refractivity contribution is -0.0269. The summed E-state index contributed by atoms with van der Waals surface area (Å²) in [6.07, 6.45) is 1.94. The third kappa shape index (κ3) is 4.78. The molecule has 1 fully saturated rings. The molecular weight excluding hydrogens is 204 g/mol. The molecule has 1 saturated heterocycles. The lowest BCUT2D eigenvalue weighted by Crippen LogP contribution is -2.49. The van der Waals surface area contributed by atoms with Crippen LogP contribution in [0.4, 0.5) is 0 Å². The second-order valence-electron chi connectivity index (χ2n) is 4.49. The van der Waals surface area contributed by atoms with Crippen LogP contribution >= 0.6 is 0 Å². The van der Waals surface area contributed by atoms with Crippen molar-refractivity contribution in [1.29, 1.82) is 0 Å². The molecule has 0 saturated carbocycles. The van der Waals surface area contributed by atoms with Gasteiger partial charge in [-0.1, -0.05) is 13.8 Å². The fourth-order valence-corrected chi connectivity index (χ4v) is 2.09. The van der Waals surface area contributed by atoms with E-state index < -0.39 is 0 Å². The monoisotopic (exact) mass is 230 g/mol. The van der Waals surface area contributed by atoms with Crippen molar-refractivity contribution in [3.63, 3.8) is 0 Å². The number of aliphatic hydroxyl groups is 1. The largest absolute Gasteiger partial charge is 0.390 e. The van der Waals surface area contributed by atoms with Crippen molar-refractivity contribution < 1.29 is 9.84 Å². The third-order valence-corrected chi connectivity index (χ3v) is 3.07. The minimum absolute atomic E-state index is 0.265. The van der Waals surface area contributed by atoms with Crippen molar-refractivity contribution in [3.8, 4) is 0 Å². The topological polar surface area (TPSA) is 44.7 Å². The van der Waals surface area contributed by atoms with Gasteiger partial charge in [-0.15, -0.1) is 0 Å². The van der Waals surface area contributed by atoms with Crippen LogP contribution in [-0.2, 0) is 4.74 Å². The molecule has 1 aliphatic rings. The number of morpholine rings is 1. The quantitative estimate of drug-likeness (QED) is 0.624. The molecule has 4 heteroatoms. The van der Waals surface area contributed by atoms with Crippen LogP contribution in [0.15, 0.2) is 0 Å². The van der Waals surface area contributed by atoms with Gasteiger partial charge in [-0.3, -0.25) is 4.90 Å². The summed E-state index contributed by atoms with van der Waals surface area (Å²) in [6, 6.07) is 0.481. The van der Waals surface area contributed by atoms with Gasteiger partial charge in [-0.25, -0.2) is 0 Å². The van der Waals surface area contributed by atoms with Gasteiger partial charge in [-0.2, -0.15) is 0 Å². The molecule has 2 atom stereocenters. The molecule has 0 radical (unpaired) electrons. The van der Waals surface area contributed by atoms with E-state index in [-0.39, 0.29) is 6.10 Å². The van der Waals surface area contributed by atoms with E-state index in [9.17, 15) is 5.11 Å². The van der Waals surface area contributed by atoms with Gasteiger partial charge in [0.05, 0.1) is 19.3 Å². The summed E-state index contributed by atoms with van der Waals surface area (Å²) in [7, 11) is 0. The van der Waals surface area contributed by atoms with E-state index in [2.05, 4.69) is 24.1 Å². The number of β-amino-alcohol motifs (C(OH)–C–C–N with tert-alkyl or cyclic N) is 1. The lowest BCUT2D eigenvalue weighted by atomic mass is 10.1. The third-order valence-electron chi connectivity index (χ3n) is 3.07. The normalized spacial score (nSPS) is 24.6. The maximum absolute atomic E-state index is 9.90. The Bertz CT molecular complexity index is 178. The van der Waals surface area contributed by atoms with E-state index in [1.807, 2.05) is 0 Å². The van der Waals surface area contributed by atoms with E-state index in [1.54, 1.807) is 0 Å². The molecular formula is C12H26N2O2. The van der Waals surface area contributed by atoms with Gasteiger partial charge in [0.25, 0.3) is 0 Å². The fourth-order valence-electron chi connectivity index (χ4n) is 2.09. The summed E-state index contributed by atoms with van der Waals surface area (Å²) < 4.78 is 5.44. The summed E-state index contributed by atoms with van der Waals surface area (Å²) in [5.74, 6) is 0. The molecule has 0 amide bonds. The Balaban J connectivity index is 2.22. The highest BCUT2D eigenvalue weighted by Crippen LogP contribution is 2.10. The average Bonchev–Trinajstić information content (AvgIpc) is 2.30. The zero-order valence-electron chi connectivity index (χ0n) is 10.6. The molecule has 4 nitrogen and oxygen atoms in total. The molecule has 1 aliphatic heterocycles. The number of hydrogen-bond donors (Lipinski definition) is 2. The number of ether oxygens (including phenoxy) is 1. The molecule has 0 aromatic carbocycles. The number of nitrogens with zero attached hydrogens (tertiary/aromatic N) is 1. The minimum Gasteiger partial charge on any atom is -0.390 e. The molecule has 0 bridgehead atoms. The van der Waals surface area contributed by atoms with Crippen LogP contribution in [0.3, 0.4) is 0 Å². The summed E-state index contributed by atoms with van der Waals surface area (Å²) >= 11 is 0. The first-order valence-corrected chi connectivity index (χ1v) is 6.48. The Kier molecular flexibility index (Phi) is 6.96. The molecule has 0 aromatic heterocycles. The SMILES string of the molecule is CCCNCC(O)CN1CCOCC1CC. The highest BCUT2D eigenvalue weighted by Gasteiger charge is 2.23. The molecule has 2 N–H and O–H groups in total. The van der Waals surface area contributed by atoms with Gasteiger partial charge in [0.15, 0.2) is 0 Å². The van der Waals surface area contributed by atoms with Crippen molar-refractivity contribution in [1.82, 2.24) is 10.2 Å². The van der Waals surface area contributed by atoms with Crippen LogP contribution in [0, 0.1) is 0 Å². The molecule has 2 unspecified atom stereocenters. The van der Waals surface area contributed by atoms with Gasteiger partial charge in [0.2, 0.25) is 0 Å². The molecule has 0 aliphatic carbocycles. The van der Waals surface area contributed by atoms with Crippen LogP contribution in [-0.4, -0.2) is 61.5 Å². The Morgan fingerprint density at radius 2 is 2.31 bits per heavy atom. The number of nitrogens with one attached hydrogen (secondary N) is 1. The zero-order valence-corrected chi connectivity index (χ0v) is 10.6. The Labute approximate surface area is 99.0 Å². The predicted molar refractivity (Wildman–Crippen MR) is 65.6 cm³/mol. The summed E-state index contributed by atoms with van der Waals surface area (Å²) in [6.45, 7) is 9.31. The highest BCUT2D eigenvalue weighted by atomic mass is 16.5. The van der Waals surface area contributed by atoms with E-state index in [1.165, 1.54) is 0 Å². The molecule has 0 aromatic rings. The van der Waals surface area contributed by atoms with Gasteiger partial charge in [-0.05, 0) is 19.4 Å². The van der Waals surface area contributed by atoms with Gasteiger partial charge in [0, 0.05) is 25.7 Å². The average molecular weight is 230 g/mol. The van der Waals surface area contributed by atoms with Gasteiger partial charge < -0.3 is 15.2 Å². The molecule has 0 spiro atoms. The van der Waals surface area contributed by atoms with Crippen LogP contribution in [0.5, 0.6) is 0 Å². The smallest absolute Gasteiger partial charge is 0.0791 e. The number of rotatable bonds is 7. The van der Waals surface area contributed by atoms with Crippen molar-refractivity contribution in [2.24, 2.45) is 0 Å². The summed E-state index contributed by atoms with van der Waals surface area (Å²) in [5.41, 5.74) is 0. The van der Waals surface area contributed by atoms with E-state index in [0.717, 1.165) is 45.7 Å². The van der Waals surface area contributed by atoms with E-state index in [4.69, 9.17) is 4.74 Å². The summed E-state index contributed by atoms with van der Waals surface area (Å²) in [5, 5.41) is 13.1. The van der Waals surface area contributed by atoms with Gasteiger partial charge >= 0.3 is 0 Å². The second-order valence-corrected chi connectivity index (χ2v) is 4.49. The highest BCUT2D eigenvalue weighted by molar-refractivity contribution is 4.77. The van der Waals surface area contributed by atoms with E-state index >= 15 is 0 Å². The first-order valence-electron chi connectivity index (χ1n) is 6.48. The van der Waals surface area contributed by atoms with Crippen molar-refractivity contribution in [2.75, 3.05) is 39.4 Å². The lowest BCUT2D eigenvalue weighted by Gasteiger charge is -2.36. The first-order chi connectivity index (χ1) is 7.77. The molecule has 1 rings (SSSR count). The van der Waals surface area contributed by atoms with Crippen LogP contribution in [0.2, 0.25) is 0 Å². The van der Waals surface area contributed by atoms with Crippen molar-refractivity contribution in [3.05, 3.63) is 0 Å². The second kappa shape index (κ2) is 8.01. The Morgan fingerprint density at radius 3 is 3.00 bits per heavy atom. The standard InChI is InChI=1S/C12H26N2O2/c1-3-5-13-8-12(15)9-14-6-7-16-10-11(14)4-2/h11-13,15H,3-10H2,1-2H3. The van der Waals surface area contributed by atoms with Gasteiger partial charge in [0.1, 0.15) is 0 Å².